The minimum Gasteiger partial charge on any atom is -0.344 e. The van der Waals surface area contributed by atoms with Crippen molar-refractivity contribution < 1.29 is 11.0 Å². The van der Waals surface area contributed by atoms with Crippen LogP contribution in [0.4, 0.5) is 0 Å². The van der Waals surface area contributed by atoms with Crippen molar-refractivity contribution in [2.75, 3.05) is 20.1 Å². The largest absolute Gasteiger partial charge is 0.344 e. The van der Waals surface area contributed by atoms with Gasteiger partial charge in [0.05, 0.1) is 0 Å². The highest BCUT2D eigenvalue weighted by Gasteiger charge is 2.08. The van der Waals surface area contributed by atoms with Crippen molar-refractivity contribution in [1.82, 2.24) is 10.2 Å². The van der Waals surface area contributed by atoms with Crippen molar-refractivity contribution in [3.63, 3.8) is 0 Å². The molecular formula is C15H32N2O2. The first-order valence-corrected chi connectivity index (χ1v) is 7.46. The molecule has 0 unspecified atom stereocenters. The number of unbranched alkanes of at least 4 members (excludes halogenated alkanes) is 2. The SMILES string of the molecule is CCC(=O)CCCCCC(=O)N(C)CCNC(C)C.[HH]. The van der Waals surface area contributed by atoms with Crippen LogP contribution in [0.1, 0.15) is 60.7 Å². The number of nitrogens with zero attached hydrogens (tertiary/aromatic N) is 1. The molecule has 0 saturated carbocycles. The minimum atomic E-state index is 0. The summed E-state index contributed by atoms with van der Waals surface area (Å²) in [6, 6.07) is 0.458. The molecule has 0 aromatic carbocycles. The number of likely N-dealkylation sites (N-methyl/N-ethyl adjacent to an activating group) is 1. The smallest absolute Gasteiger partial charge is 0.222 e. The average molecular weight is 272 g/mol. The van der Waals surface area contributed by atoms with Gasteiger partial charge in [-0.1, -0.05) is 27.2 Å². The molecular weight excluding hydrogens is 240 g/mol. The van der Waals surface area contributed by atoms with Gasteiger partial charge in [0, 0.05) is 46.9 Å². The zero-order valence-corrected chi connectivity index (χ0v) is 13.0. The van der Waals surface area contributed by atoms with Crippen LogP contribution in [0.3, 0.4) is 0 Å². The third-order valence-corrected chi connectivity index (χ3v) is 3.17. The highest BCUT2D eigenvalue weighted by molar-refractivity contribution is 5.78. The van der Waals surface area contributed by atoms with Crippen molar-refractivity contribution in [2.45, 2.75) is 65.3 Å². The highest BCUT2D eigenvalue weighted by Crippen LogP contribution is 2.06. The number of carbonyl (C=O) groups excluding carboxylic acids is 2. The molecule has 0 bridgehead atoms. The molecule has 19 heavy (non-hydrogen) atoms. The maximum Gasteiger partial charge on any atom is 0.222 e. The first kappa shape index (κ1) is 18.1. The molecule has 0 aromatic heterocycles. The Bertz CT molecular complexity index is 271. The normalized spacial score (nSPS) is 10.8. The second-order valence-corrected chi connectivity index (χ2v) is 5.38. The Morgan fingerprint density at radius 3 is 2.37 bits per heavy atom. The molecule has 1 N–H and O–H groups in total. The lowest BCUT2D eigenvalue weighted by atomic mass is 10.1. The maximum absolute atomic E-state index is 11.8. The monoisotopic (exact) mass is 272 g/mol. The van der Waals surface area contributed by atoms with E-state index in [0.29, 0.717) is 31.1 Å². The van der Waals surface area contributed by atoms with Gasteiger partial charge in [-0.05, 0) is 12.8 Å². The summed E-state index contributed by atoms with van der Waals surface area (Å²) < 4.78 is 0. The molecule has 1 amide bonds. The minimum absolute atomic E-state index is 0. The van der Waals surface area contributed by atoms with E-state index in [1.54, 1.807) is 4.90 Å². The fourth-order valence-corrected chi connectivity index (χ4v) is 1.79. The Labute approximate surface area is 119 Å². The van der Waals surface area contributed by atoms with Crippen LogP contribution >= 0.6 is 0 Å². The van der Waals surface area contributed by atoms with Gasteiger partial charge in [-0.2, -0.15) is 0 Å². The Morgan fingerprint density at radius 2 is 1.79 bits per heavy atom. The summed E-state index contributed by atoms with van der Waals surface area (Å²) in [6.07, 6.45) is 4.66. The molecule has 0 atom stereocenters. The van der Waals surface area contributed by atoms with E-state index in [0.717, 1.165) is 32.4 Å². The molecule has 0 fully saturated rings. The zero-order valence-electron chi connectivity index (χ0n) is 13.0. The lowest BCUT2D eigenvalue weighted by Crippen LogP contribution is -2.36. The number of ketones is 1. The van der Waals surface area contributed by atoms with Crippen LogP contribution in [0.25, 0.3) is 0 Å². The Hall–Kier alpha value is -0.900. The van der Waals surface area contributed by atoms with E-state index in [1.165, 1.54) is 0 Å². The number of hydrogen-bond donors (Lipinski definition) is 1. The molecule has 0 aliphatic heterocycles. The number of amides is 1. The number of Topliss-reactive ketones (excluding diaryl/α,β-unsaturated/α-hetero) is 1. The van der Waals surface area contributed by atoms with Gasteiger partial charge in [0.15, 0.2) is 0 Å². The van der Waals surface area contributed by atoms with Crippen molar-refractivity contribution in [3.8, 4) is 0 Å². The lowest BCUT2D eigenvalue weighted by molar-refractivity contribution is -0.130. The summed E-state index contributed by atoms with van der Waals surface area (Å²) in [5, 5.41) is 3.30. The third-order valence-electron chi connectivity index (χ3n) is 3.17. The van der Waals surface area contributed by atoms with Crippen LogP contribution < -0.4 is 5.32 Å². The Morgan fingerprint density at radius 1 is 1.16 bits per heavy atom. The summed E-state index contributed by atoms with van der Waals surface area (Å²) in [5.74, 6) is 0.524. The van der Waals surface area contributed by atoms with Crippen molar-refractivity contribution in [1.29, 1.82) is 0 Å². The van der Waals surface area contributed by atoms with Gasteiger partial charge in [-0.15, -0.1) is 0 Å². The summed E-state index contributed by atoms with van der Waals surface area (Å²) >= 11 is 0. The van der Waals surface area contributed by atoms with Gasteiger partial charge in [0.1, 0.15) is 5.78 Å². The third kappa shape index (κ3) is 10.7. The highest BCUT2D eigenvalue weighted by atomic mass is 16.2. The van der Waals surface area contributed by atoms with Crippen molar-refractivity contribution in [2.24, 2.45) is 0 Å². The summed E-state index contributed by atoms with van der Waals surface area (Å²) in [4.78, 5) is 24.7. The van der Waals surface area contributed by atoms with Crippen molar-refractivity contribution in [3.05, 3.63) is 0 Å². The van der Waals surface area contributed by atoms with Crippen LogP contribution in [0.15, 0.2) is 0 Å². The first-order chi connectivity index (χ1) is 8.97. The number of hydrogen-bond acceptors (Lipinski definition) is 3. The fourth-order valence-electron chi connectivity index (χ4n) is 1.79. The quantitative estimate of drug-likeness (QED) is 0.588. The number of nitrogens with one attached hydrogen (secondary N) is 1. The van der Waals surface area contributed by atoms with Crippen LogP contribution in [0, 0.1) is 0 Å². The topological polar surface area (TPSA) is 49.4 Å². The first-order valence-electron chi connectivity index (χ1n) is 7.46. The van der Waals surface area contributed by atoms with Crippen molar-refractivity contribution >= 4 is 11.7 Å². The predicted molar refractivity (Wildman–Crippen MR) is 81.3 cm³/mol. The average Bonchev–Trinajstić information content (AvgIpc) is 2.37. The summed E-state index contributed by atoms with van der Waals surface area (Å²) in [7, 11) is 1.85. The summed E-state index contributed by atoms with van der Waals surface area (Å²) in [5.41, 5.74) is 0. The molecule has 0 aromatic rings. The molecule has 0 rings (SSSR count). The molecule has 4 nitrogen and oxygen atoms in total. The standard InChI is InChI=1S/C15H30N2O2.H2/c1-5-14(18)9-7-6-8-10-15(19)17(4)12-11-16-13(2)3;/h13,16H,5-12H2,1-4H3;1H. The van der Waals surface area contributed by atoms with E-state index in [9.17, 15) is 9.59 Å². The van der Waals surface area contributed by atoms with Gasteiger partial charge >= 0.3 is 0 Å². The number of carbonyl (C=O) groups is 2. The van der Waals surface area contributed by atoms with Gasteiger partial charge in [0.25, 0.3) is 0 Å². The molecule has 0 aliphatic carbocycles. The molecule has 114 valence electrons. The van der Waals surface area contributed by atoms with E-state index in [4.69, 9.17) is 0 Å². The number of rotatable bonds is 11. The van der Waals surface area contributed by atoms with Gasteiger partial charge in [0.2, 0.25) is 5.91 Å². The van der Waals surface area contributed by atoms with E-state index in [1.807, 2.05) is 14.0 Å². The zero-order chi connectivity index (χ0) is 14.7. The molecule has 0 radical (unpaired) electrons. The molecule has 0 heterocycles. The second-order valence-electron chi connectivity index (χ2n) is 5.38. The van der Waals surface area contributed by atoms with Gasteiger partial charge in [-0.25, -0.2) is 0 Å². The molecule has 0 aliphatic rings. The summed E-state index contributed by atoms with van der Waals surface area (Å²) in [6.45, 7) is 7.68. The molecule has 4 heteroatoms. The van der Waals surface area contributed by atoms with E-state index >= 15 is 0 Å². The van der Waals surface area contributed by atoms with E-state index in [-0.39, 0.29) is 7.33 Å². The molecule has 0 saturated heterocycles. The maximum atomic E-state index is 11.8. The lowest BCUT2D eigenvalue weighted by Gasteiger charge is -2.18. The van der Waals surface area contributed by atoms with Crippen LogP contribution in [0.2, 0.25) is 0 Å². The Balaban J connectivity index is 0. The van der Waals surface area contributed by atoms with E-state index in [2.05, 4.69) is 19.2 Å². The van der Waals surface area contributed by atoms with Crippen LogP contribution in [0.5, 0.6) is 0 Å². The van der Waals surface area contributed by atoms with Gasteiger partial charge in [-0.3, -0.25) is 9.59 Å². The predicted octanol–water partition coefficient (Wildman–Crippen LogP) is 2.62. The van der Waals surface area contributed by atoms with E-state index < -0.39 is 0 Å². The van der Waals surface area contributed by atoms with Crippen LogP contribution in [-0.4, -0.2) is 42.8 Å². The second kappa shape index (κ2) is 11.0. The molecule has 0 spiro atoms. The Kier molecular flexibility index (Phi) is 10.5. The fraction of sp³-hybridized carbons (Fsp3) is 0.867. The van der Waals surface area contributed by atoms with Gasteiger partial charge < -0.3 is 10.2 Å². The van der Waals surface area contributed by atoms with Crippen LogP contribution in [-0.2, 0) is 9.59 Å².